The molecule has 0 saturated heterocycles. The van der Waals surface area contributed by atoms with Crippen molar-refractivity contribution in [2.24, 2.45) is 5.84 Å². The van der Waals surface area contributed by atoms with Gasteiger partial charge in [0.15, 0.2) is 0 Å². The molecule has 0 aliphatic rings. The highest BCUT2D eigenvalue weighted by Gasteiger charge is 2.32. The fraction of sp³-hybridized carbons (Fsp3) is 0.222. The Labute approximate surface area is 439 Å². The van der Waals surface area contributed by atoms with Crippen LogP contribution >= 0.6 is 0 Å². The standard InChI is InChI=1S/C18H17F3N2O3.C18H15F3N2O2.C15H13F3N2O.C3H6O3/c1-11(24)16(25)22-23-17(26)15-5-3-2-4-13(15)10-12-6-8-14(9-7-12)18(19,20)21;1-11(24)16-22-23-17(25-16)15-5-3-2-4-13(15)10-12-6-8-14(9-7-12)18(19,20)21;16-15(17,18)12-7-5-10(6-8-12)9-11-3-1-2-4-13(11)14(21)20-19;1-2(4)3(5)6/h2-9,11,24H,10H2,1H3,(H,22,25)(H,23,26);2-9,11,24H,10H2,1H3;1-8H,9,19H2,(H,20,21);2,4H,1H3,(H,5,6). The van der Waals surface area contributed by atoms with Gasteiger partial charge in [0.25, 0.3) is 17.7 Å². The van der Waals surface area contributed by atoms with Gasteiger partial charge in [0.05, 0.1) is 16.7 Å². The van der Waals surface area contributed by atoms with Crippen molar-refractivity contribution in [3.05, 3.63) is 213 Å². The first-order valence-electron chi connectivity index (χ1n) is 23.0. The second kappa shape index (κ2) is 28.1. The summed E-state index contributed by atoms with van der Waals surface area (Å²) in [5.74, 6) is 2.50. The number of benzene rings is 6. The molecule has 7 rings (SSSR count). The summed E-state index contributed by atoms with van der Waals surface area (Å²) in [6, 6.07) is 35.2. The number of rotatable bonds is 12. The number of nitrogens with two attached hydrogens (primary N) is 1. The van der Waals surface area contributed by atoms with Gasteiger partial charge in [-0.1, -0.05) is 91.0 Å². The number of hydrogen-bond acceptors (Lipinski definition) is 11. The molecule has 6 aromatic carbocycles. The normalized spacial score (nSPS) is 12.4. The highest BCUT2D eigenvalue weighted by molar-refractivity contribution is 5.97. The summed E-state index contributed by atoms with van der Waals surface area (Å²) in [7, 11) is 0. The van der Waals surface area contributed by atoms with Crippen LogP contribution in [0.1, 0.15) is 104 Å². The van der Waals surface area contributed by atoms with E-state index in [0.717, 1.165) is 47.5 Å². The van der Waals surface area contributed by atoms with E-state index < -0.39 is 77.2 Å². The molecule has 0 spiro atoms. The van der Waals surface area contributed by atoms with Gasteiger partial charge in [-0.15, -0.1) is 10.2 Å². The zero-order valence-corrected chi connectivity index (χ0v) is 41.4. The van der Waals surface area contributed by atoms with Crippen LogP contribution in [0.25, 0.3) is 11.5 Å². The van der Waals surface area contributed by atoms with Crippen molar-refractivity contribution in [3.63, 3.8) is 0 Å². The fourth-order valence-corrected chi connectivity index (χ4v) is 6.65. The number of halogens is 9. The minimum atomic E-state index is -4.40. The maximum Gasteiger partial charge on any atom is 0.416 e. The largest absolute Gasteiger partial charge is 0.479 e. The third-order valence-corrected chi connectivity index (χ3v) is 10.8. The molecule has 1 aromatic heterocycles. The number of hydrogen-bond donors (Lipinski definition) is 8. The maximum atomic E-state index is 12.7. The molecule has 1 heterocycles. The molecule has 0 bridgehead atoms. The number of aliphatic carboxylic acids is 1. The van der Waals surface area contributed by atoms with Crippen molar-refractivity contribution in [2.75, 3.05) is 0 Å². The number of nitrogen functional groups attached to an aromatic ring is 1. The van der Waals surface area contributed by atoms with Gasteiger partial charge in [0.1, 0.15) is 18.3 Å². The molecule has 78 heavy (non-hydrogen) atoms. The number of carbonyl (C=O) groups excluding carboxylic acids is 3. The van der Waals surface area contributed by atoms with Crippen LogP contribution in [0.5, 0.6) is 0 Å². The van der Waals surface area contributed by atoms with Crippen molar-refractivity contribution in [1.29, 1.82) is 0 Å². The number of carboxylic acids is 1. The van der Waals surface area contributed by atoms with Gasteiger partial charge in [-0.25, -0.2) is 10.6 Å². The van der Waals surface area contributed by atoms with Crippen LogP contribution in [0, 0.1) is 0 Å². The summed E-state index contributed by atoms with van der Waals surface area (Å²) in [6.45, 7) is 3.97. The number of amides is 3. The Balaban J connectivity index is 0.000000240. The molecule has 0 aliphatic heterocycles. The summed E-state index contributed by atoms with van der Waals surface area (Å²) in [5, 5.41) is 42.1. The first-order chi connectivity index (χ1) is 36.6. The quantitative estimate of drug-likeness (QED) is 0.0247. The number of nitrogens with zero attached hydrogens (tertiary/aromatic N) is 2. The van der Waals surface area contributed by atoms with Crippen LogP contribution in [0.4, 0.5) is 39.5 Å². The zero-order valence-electron chi connectivity index (χ0n) is 41.4. The van der Waals surface area contributed by atoms with Crippen molar-refractivity contribution >= 4 is 23.7 Å². The van der Waals surface area contributed by atoms with Crippen molar-refractivity contribution in [1.82, 2.24) is 26.5 Å². The number of carboxylic acid groups (broad SMARTS) is 1. The van der Waals surface area contributed by atoms with E-state index in [4.69, 9.17) is 25.6 Å². The van der Waals surface area contributed by atoms with E-state index in [2.05, 4.69) is 21.0 Å². The number of carbonyl (C=O) groups is 4. The number of hydrazine groups is 2. The smallest absolute Gasteiger partial charge is 0.416 e. The maximum absolute atomic E-state index is 12.7. The summed E-state index contributed by atoms with van der Waals surface area (Å²) >= 11 is 0. The van der Waals surface area contributed by atoms with Gasteiger partial charge in [-0.2, -0.15) is 39.5 Å². The van der Waals surface area contributed by atoms with Crippen LogP contribution < -0.4 is 22.1 Å². The highest BCUT2D eigenvalue weighted by atomic mass is 19.4. The molecular weight excluding hydrogens is 1050 g/mol. The van der Waals surface area contributed by atoms with Crippen LogP contribution in [-0.4, -0.2) is 66.5 Å². The first-order valence-corrected chi connectivity index (χ1v) is 23.0. The van der Waals surface area contributed by atoms with E-state index in [1.54, 1.807) is 54.6 Å². The van der Waals surface area contributed by atoms with E-state index in [-0.39, 0.29) is 23.8 Å². The van der Waals surface area contributed by atoms with Crippen LogP contribution in [0.3, 0.4) is 0 Å². The Morgan fingerprint density at radius 1 is 0.513 bits per heavy atom. The van der Waals surface area contributed by atoms with E-state index in [1.165, 1.54) is 63.2 Å². The Bertz CT molecular complexity index is 3070. The lowest BCUT2D eigenvalue weighted by Crippen LogP contribution is -2.45. The highest BCUT2D eigenvalue weighted by Crippen LogP contribution is 2.33. The van der Waals surface area contributed by atoms with Crippen LogP contribution in [-0.2, 0) is 47.4 Å². The molecular formula is C54H51F9N6O9. The number of aromatic nitrogens is 2. The average Bonchev–Trinajstić information content (AvgIpc) is 3.91. The van der Waals surface area contributed by atoms with Crippen LogP contribution in [0.2, 0.25) is 0 Å². The molecule has 3 atom stereocenters. The average molecular weight is 1100 g/mol. The molecule has 0 fully saturated rings. The minimum Gasteiger partial charge on any atom is -0.479 e. The monoisotopic (exact) mass is 1100 g/mol. The molecule has 0 aliphatic carbocycles. The second-order valence-electron chi connectivity index (χ2n) is 16.8. The Kier molecular flexibility index (Phi) is 22.4. The minimum absolute atomic E-state index is 0.110. The van der Waals surface area contributed by atoms with Gasteiger partial charge in [-0.05, 0) is 128 Å². The lowest BCUT2D eigenvalue weighted by atomic mass is 9.98. The van der Waals surface area contributed by atoms with Crippen LogP contribution in [0.15, 0.2) is 150 Å². The predicted molar refractivity (Wildman–Crippen MR) is 264 cm³/mol. The topological polar surface area (TPSA) is 250 Å². The van der Waals surface area contributed by atoms with Gasteiger partial charge < -0.3 is 24.8 Å². The molecule has 7 aromatic rings. The number of alkyl halides is 9. The first kappa shape index (κ1) is 62.1. The summed E-state index contributed by atoms with van der Waals surface area (Å²) < 4.78 is 119. The van der Waals surface area contributed by atoms with E-state index in [9.17, 15) is 63.8 Å². The number of aliphatic hydroxyl groups excluding tert-OH is 3. The van der Waals surface area contributed by atoms with Gasteiger partial charge in [0, 0.05) is 16.7 Å². The fourth-order valence-electron chi connectivity index (χ4n) is 6.65. The Morgan fingerprint density at radius 2 is 0.872 bits per heavy atom. The molecule has 15 nitrogen and oxygen atoms in total. The third-order valence-electron chi connectivity index (χ3n) is 10.8. The van der Waals surface area contributed by atoms with Crippen molar-refractivity contribution in [3.8, 4) is 11.5 Å². The van der Waals surface area contributed by atoms with E-state index in [1.807, 2.05) is 17.6 Å². The van der Waals surface area contributed by atoms with Gasteiger partial charge in [0.2, 0.25) is 11.8 Å². The Morgan fingerprint density at radius 3 is 1.22 bits per heavy atom. The SMILES string of the molecule is CC(O)C(=O)NNC(=O)c1ccccc1Cc1ccc(C(F)(F)F)cc1.CC(O)C(=O)O.CC(O)c1nnc(-c2ccccc2Cc2ccc(C(F)(F)F)cc2)o1.NNC(=O)c1ccccc1Cc1ccc(C(F)(F)F)cc1. The summed E-state index contributed by atoms with van der Waals surface area (Å²) in [6.07, 6.45) is -15.5. The molecule has 414 valence electrons. The molecule has 9 N–H and O–H groups in total. The van der Waals surface area contributed by atoms with Gasteiger partial charge >= 0.3 is 24.5 Å². The van der Waals surface area contributed by atoms with Gasteiger partial charge in [-0.3, -0.25) is 30.7 Å². The second-order valence-corrected chi connectivity index (χ2v) is 16.8. The zero-order chi connectivity index (χ0) is 58.0. The van der Waals surface area contributed by atoms with E-state index in [0.29, 0.717) is 46.2 Å². The Hall–Kier alpha value is -8.45. The van der Waals surface area contributed by atoms with E-state index >= 15 is 0 Å². The number of nitrogens with one attached hydrogen (secondary N) is 3. The lowest BCUT2D eigenvalue weighted by molar-refractivity contribution is -0.145. The summed E-state index contributed by atoms with van der Waals surface area (Å²) in [5.41, 5.74) is 9.68. The van der Waals surface area contributed by atoms with Crippen molar-refractivity contribution in [2.45, 2.75) is 76.9 Å². The third kappa shape index (κ3) is 19.3. The van der Waals surface area contributed by atoms with Crippen molar-refractivity contribution < 1.29 is 83.5 Å². The molecule has 24 heteroatoms. The molecule has 0 radical (unpaired) electrons. The molecule has 0 saturated carbocycles. The predicted octanol–water partition coefficient (Wildman–Crippen LogP) is 9.19. The molecule has 3 amide bonds. The lowest BCUT2D eigenvalue weighted by Gasteiger charge is -2.12. The molecule has 3 unspecified atom stereocenters. The number of aliphatic hydroxyl groups is 3. The summed E-state index contributed by atoms with van der Waals surface area (Å²) in [4.78, 5) is 44.6.